The van der Waals surface area contributed by atoms with Crippen LogP contribution < -0.4 is 5.32 Å². The molecule has 0 bridgehead atoms. The summed E-state index contributed by atoms with van der Waals surface area (Å²) in [4.78, 5) is 26.3. The minimum Gasteiger partial charge on any atom is -0.344 e. The molecule has 2 amide bonds. The van der Waals surface area contributed by atoms with Crippen LogP contribution >= 0.6 is 22.9 Å². The topological polar surface area (TPSA) is 73.2 Å². The van der Waals surface area contributed by atoms with Gasteiger partial charge in [-0.3, -0.25) is 9.59 Å². The summed E-state index contributed by atoms with van der Waals surface area (Å²) in [6, 6.07) is 9.04. The average Bonchev–Trinajstić information content (AvgIpc) is 2.84. The number of nitriles is 1. The number of nitrogens with one attached hydrogen (secondary N) is 1. The molecular weight excluding hydrogens is 346 g/mol. The fraction of sp³-hybridized carbons (Fsp3) is 0.235. The summed E-state index contributed by atoms with van der Waals surface area (Å²) in [7, 11) is 3.29. The molecule has 0 atom stereocenters. The Morgan fingerprint density at radius 2 is 1.92 bits per heavy atom. The van der Waals surface area contributed by atoms with Crippen LogP contribution in [0.1, 0.15) is 26.4 Å². The molecule has 0 saturated carbocycles. The van der Waals surface area contributed by atoms with Gasteiger partial charge >= 0.3 is 0 Å². The molecule has 2 rings (SSSR count). The second kappa shape index (κ2) is 7.47. The lowest BCUT2D eigenvalue weighted by Crippen LogP contribution is -2.21. The van der Waals surface area contributed by atoms with Crippen LogP contribution in [0, 0.1) is 18.3 Å². The molecule has 124 valence electrons. The normalized spacial score (nSPS) is 10.1. The number of rotatable bonds is 4. The Hall–Kier alpha value is -2.36. The number of carbonyl (C=O) groups is 2. The van der Waals surface area contributed by atoms with Gasteiger partial charge in [-0.05, 0) is 30.2 Å². The number of anilines is 1. The highest BCUT2D eigenvalue weighted by Gasteiger charge is 2.22. The number of benzene rings is 1. The van der Waals surface area contributed by atoms with Crippen LogP contribution in [-0.2, 0) is 11.2 Å². The van der Waals surface area contributed by atoms with Gasteiger partial charge in [0.1, 0.15) is 11.1 Å². The van der Waals surface area contributed by atoms with Crippen molar-refractivity contribution in [2.24, 2.45) is 0 Å². The van der Waals surface area contributed by atoms with Crippen LogP contribution in [0.25, 0.3) is 0 Å². The van der Waals surface area contributed by atoms with Gasteiger partial charge in [-0.2, -0.15) is 5.26 Å². The summed E-state index contributed by atoms with van der Waals surface area (Å²) in [6.07, 6.45) is 0.163. The van der Waals surface area contributed by atoms with Gasteiger partial charge in [0.15, 0.2) is 0 Å². The van der Waals surface area contributed by atoms with Crippen molar-refractivity contribution in [1.29, 1.82) is 5.26 Å². The summed E-state index contributed by atoms with van der Waals surface area (Å²) in [5.74, 6) is -0.439. The van der Waals surface area contributed by atoms with Crippen molar-refractivity contribution in [3.63, 3.8) is 0 Å². The first-order valence-electron chi connectivity index (χ1n) is 7.13. The Bertz CT molecular complexity index is 820. The van der Waals surface area contributed by atoms with Crippen LogP contribution in [0.3, 0.4) is 0 Å². The van der Waals surface area contributed by atoms with Crippen molar-refractivity contribution in [2.75, 3.05) is 19.4 Å². The maximum atomic E-state index is 12.2. The fourth-order valence-corrected chi connectivity index (χ4v) is 3.42. The average molecular weight is 362 g/mol. The maximum absolute atomic E-state index is 12.2. The largest absolute Gasteiger partial charge is 0.344 e. The van der Waals surface area contributed by atoms with Gasteiger partial charge < -0.3 is 10.2 Å². The Morgan fingerprint density at radius 3 is 2.46 bits per heavy atom. The lowest BCUT2D eigenvalue weighted by molar-refractivity contribution is -0.115. The third-order valence-corrected chi connectivity index (χ3v) is 4.84. The molecule has 0 radical (unpaired) electrons. The number of carbonyl (C=O) groups excluding carboxylic acids is 2. The predicted octanol–water partition coefficient (Wildman–Crippen LogP) is 3.46. The van der Waals surface area contributed by atoms with Gasteiger partial charge in [-0.15, -0.1) is 11.3 Å². The molecule has 1 aromatic carbocycles. The first kappa shape index (κ1) is 18.0. The zero-order chi connectivity index (χ0) is 17.9. The highest BCUT2D eigenvalue weighted by molar-refractivity contribution is 7.18. The molecule has 2 aromatic rings. The van der Waals surface area contributed by atoms with E-state index in [0.29, 0.717) is 26.0 Å². The zero-order valence-electron chi connectivity index (χ0n) is 13.5. The van der Waals surface area contributed by atoms with E-state index in [4.69, 9.17) is 11.6 Å². The second-order valence-electron chi connectivity index (χ2n) is 5.42. The van der Waals surface area contributed by atoms with E-state index in [0.717, 1.165) is 16.9 Å². The highest BCUT2D eigenvalue weighted by atomic mass is 35.5. The Labute approximate surface area is 149 Å². The van der Waals surface area contributed by atoms with Gasteiger partial charge in [0.25, 0.3) is 5.91 Å². The first-order chi connectivity index (χ1) is 11.3. The molecule has 0 aliphatic heterocycles. The maximum Gasteiger partial charge on any atom is 0.263 e. The molecule has 7 heteroatoms. The minimum absolute atomic E-state index is 0.163. The summed E-state index contributed by atoms with van der Waals surface area (Å²) >= 11 is 6.94. The molecule has 0 aliphatic rings. The molecule has 1 N–H and O–H groups in total. The number of nitrogens with zero attached hydrogens (tertiary/aromatic N) is 2. The van der Waals surface area contributed by atoms with Crippen molar-refractivity contribution in [1.82, 2.24) is 4.90 Å². The van der Waals surface area contributed by atoms with Crippen molar-refractivity contribution in [3.8, 4) is 6.07 Å². The van der Waals surface area contributed by atoms with Crippen LogP contribution in [0.4, 0.5) is 5.00 Å². The van der Waals surface area contributed by atoms with Crippen molar-refractivity contribution >= 4 is 39.8 Å². The molecule has 24 heavy (non-hydrogen) atoms. The molecule has 0 spiro atoms. The fourth-order valence-electron chi connectivity index (χ4n) is 2.10. The molecule has 0 fully saturated rings. The number of hydrogen-bond acceptors (Lipinski definition) is 4. The second-order valence-corrected chi connectivity index (χ2v) is 6.88. The third kappa shape index (κ3) is 3.94. The molecule has 0 aliphatic carbocycles. The van der Waals surface area contributed by atoms with E-state index < -0.39 is 0 Å². The van der Waals surface area contributed by atoms with E-state index in [9.17, 15) is 14.9 Å². The lowest BCUT2D eigenvalue weighted by atomic mass is 10.1. The van der Waals surface area contributed by atoms with Crippen LogP contribution in [0.5, 0.6) is 0 Å². The van der Waals surface area contributed by atoms with Gasteiger partial charge in [-0.25, -0.2) is 0 Å². The van der Waals surface area contributed by atoms with E-state index in [1.165, 1.54) is 4.90 Å². The monoisotopic (exact) mass is 361 g/mol. The SMILES string of the molecule is Cc1c(C(=O)N(C)C)sc(NC(=O)Cc2ccc(Cl)cc2)c1C#N. The summed E-state index contributed by atoms with van der Waals surface area (Å²) in [5, 5.41) is 13.1. The highest BCUT2D eigenvalue weighted by Crippen LogP contribution is 2.33. The lowest BCUT2D eigenvalue weighted by Gasteiger charge is -2.08. The van der Waals surface area contributed by atoms with Gasteiger partial charge in [0.2, 0.25) is 5.91 Å². The number of thiophene rings is 1. The molecule has 1 heterocycles. The Balaban J connectivity index is 2.21. The van der Waals surface area contributed by atoms with Crippen LogP contribution in [0.2, 0.25) is 5.02 Å². The molecule has 0 saturated heterocycles. The van der Waals surface area contributed by atoms with Crippen molar-refractivity contribution in [2.45, 2.75) is 13.3 Å². The Morgan fingerprint density at radius 1 is 1.29 bits per heavy atom. The van der Waals surface area contributed by atoms with E-state index in [1.54, 1.807) is 45.3 Å². The van der Waals surface area contributed by atoms with Gasteiger partial charge in [0, 0.05) is 19.1 Å². The number of halogens is 1. The van der Waals surface area contributed by atoms with Gasteiger partial charge in [-0.1, -0.05) is 23.7 Å². The predicted molar refractivity (Wildman–Crippen MR) is 95.6 cm³/mol. The molecular formula is C17H16ClN3O2S. The molecule has 5 nitrogen and oxygen atoms in total. The van der Waals surface area contributed by atoms with Crippen LogP contribution in [0.15, 0.2) is 24.3 Å². The summed E-state index contributed by atoms with van der Waals surface area (Å²) in [6.45, 7) is 1.71. The summed E-state index contributed by atoms with van der Waals surface area (Å²) in [5.41, 5.74) is 1.73. The molecule has 1 aromatic heterocycles. The van der Waals surface area contributed by atoms with E-state index in [2.05, 4.69) is 11.4 Å². The third-order valence-electron chi connectivity index (χ3n) is 3.39. The number of hydrogen-bond donors (Lipinski definition) is 1. The number of amides is 2. The van der Waals surface area contributed by atoms with Crippen molar-refractivity contribution in [3.05, 3.63) is 50.9 Å². The smallest absolute Gasteiger partial charge is 0.263 e. The van der Waals surface area contributed by atoms with Crippen LogP contribution in [-0.4, -0.2) is 30.8 Å². The minimum atomic E-state index is -0.251. The summed E-state index contributed by atoms with van der Waals surface area (Å²) < 4.78 is 0. The van der Waals surface area contributed by atoms with Crippen molar-refractivity contribution < 1.29 is 9.59 Å². The zero-order valence-corrected chi connectivity index (χ0v) is 15.1. The molecule has 0 unspecified atom stereocenters. The van der Waals surface area contributed by atoms with E-state index in [1.807, 2.05) is 0 Å². The van der Waals surface area contributed by atoms with E-state index in [-0.39, 0.29) is 18.2 Å². The van der Waals surface area contributed by atoms with E-state index >= 15 is 0 Å². The first-order valence-corrected chi connectivity index (χ1v) is 8.32. The van der Waals surface area contributed by atoms with Gasteiger partial charge in [0.05, 0.1) is 16.9 Å². The standard InChI is InChI=1S/C17H16ClN3O2S/c1-10-13(9-19)16(24-15(10)17(23)21(2)3)20-14(22)8-11-4-6-12(18)7-5-11/h4-7H,8H2,1-3H3,(H,20,22). The Kier molecular flexibility index (Phi) is 5.60. The quantitative estimate of drug-likeness (QED) is 0.906.